The van der Waals surface area contributed by atoms with Crippen LogP contribution in [-0.2, 0) is 0 Å². The van der Waals surface area contributed by atoms with Crippen molar-refractivity contribution in [1.82, 2.24) is 4.57 Å². The molecule has 0 unspecified atom stereocenters. The van der Waals surface area contributed by atoms with Crippen LogP contribution in [0.25, 0.3) is 58.6 Å². The highest BCUT2D eigenvalue weighted by Gasteiger charge is 2.24. The molecule has 0 N–H and O–H groups in total. The number of hydrogen-bond acceptors (Lipinski definition) is 4. The molecule has 0 spiro atoms. The van der Waals surface area contributed by atoms with E-state index in [4.69, 9.17) is 9.98 Å². The van der Waals surface area contributed by atoms with Crippen LogP contribution in [-0.4, -0.2) is 29.8 Å². The Bertz CT molecular complexity index is 2150. The largest absolute Gasteiger partial charge is 0.292 e. The van der Waals surface area contributed by atoms with E-state index in [-0.39, 0.29) is 0 Å². The Morgan fingerprint density at radius 1 is 0.775 bits per heavy atom. The van der Waals surface area contributed by atoms with Crippen molar-refractivity contribution in [2.45, 2.75) is 6.92 Å². The molecular formula is C35H27N3S2. The van der Waals surface area contributed by atoms with Crippen molar-refractivity contribution in [3.8, 4) is 0 Å². The van der Waals surface area contributed by atoms with E-state index in [1.165, 1.54) is 41.7 Å². The number of thioether (sulfide) groups is 1. The van der Waals surface area contributed by atoms with Gasteiger partial charge in [-0.15, -0.1) is 23.1 Å². The number of benzene rings is 5. The number of thiophene rings is 1. The average molecular weight is 554 g/mol. The van der Waals surface area contributed by atoms with Gasteiger partial charge in [-0.2, -0.15) is 0 Å². The van der Waals surface area contributed by atoms with Gasteiger partial charge in [0.1, 0.15) is 0 Å². The zero-order valence-corrected chi connectivity index (χ0v) is 24.0. The summed E-state index contributed by atoms with van der Waals surface area (Å²) in [5, 5.41) is 7.58. The van der Waals surface area contributed by atoms with Crippen LogP contribution in [0.1, 0.15) is 12.5 Å². The van der Waals surface area contributed by atoms with Crippen LogP contribution in [0.2, 0.25) is 0 Å². The Labute approximate surface area is 241 Å². The molecule has 0 aliphatic carbocycles. The highest BCUT2D eigenvalue weighted by Crippen LogP contribution is 2.48. The fourth-order valence-corrected chi connectivity index (χ4v) is 7.92. The predicted molar refractivity (Wildman–Crippen MR) is 180 cm³/mol. The number of nitrogens with zero attached hydrogens (tertiary/aromatic N) is 3. The summed E-state index contributed by atoms with van der Waals surface area (Å²) < 4.78 is 4.93. The molecule has 194 valence electrons. The van der Waals surface area contributed by atoms with Gasteiger partial charge >= 0.3 is 0 Å². The quantitative estimate of drug-likeness (QED) is 0.188. The molecule has 5 heteroatoms. The second-order valence-corrected chi connectivity index (χ2v) is 11.5. The molecule has 40 heavy (non-hydrogen) atoms. The van der Waals surface area contributed by atoms with Crippen molar-refractivity contribution >= 4 is 94.1 Å². The molecule has 0 bridgehead atoms. The van der Waals surface area contributed by atoms with Crippen molar-refractivity contribution in [3.05, 3.63) is 114 Å². The highest BCUT2D eigenvalue weighted by atomic mass is 32.2. The topological polar surface area (TPSA) is 29.6 Å². The van der Waals surface area contributed by atoms with E-state index in [2.05, 4.69) is 122 Å². The Balaban J connectivity index is 1.72. The molecule has 3 nitrogen and oxygen atoms in total. The summed E-state index contributed by atoms with van der Waals surface area (Å²) in [6.07, 6.45) is 2.10. The van der Waals surface area contributed by atoms with Crippen LogP contribution in [0, 0.1) is 0 Å². The van der Waals surface area contributed by atoms with Gasteiger partial charge in [0, 0.05) is 48.4 Å². The van der Waals surface area contributed by atoms with Gasteiger partial charge in [0.15, 0.2) is 5.82 Å². The summed E-state index contributed by atoms with van der Waals surface area (Å²) in [7, 11) is 0. The zero-order chi connectivity index (χ0) is 27.2. The van der Waals surface area contributed by atoms with E-state index in [9.17, 15) is 0 Å². The molecule has 2 aromatic heterocycles. The third-order valence-corrected chi connectivity index (χ3v) is 9.47. The van der Waals surface area contributed by atoms with Gasteiger partial charge in [0.25, 0.3) is 0 Å². The van der Waals surface area contributed by atoms with Gasteiger partial charge in [-0.3, -0.25) is 9.56 Å². The Hall–Kier alpha value is -4.19. The van der Waals surface area contributed by atoms with Crippen LogP contribution >= 0.6 is 23.1 Å². The molecule has 7 aromatic rings. The monoisotopic (exact) mass is 553 g/mol. The van der Waals surface area contributed by atoms with E-state index >= 15 is 0 Å². The summed E-state index contributed by atoms with van der Waals surface area (Å²) in [4.78, 5) is 10.7. The summed E-state index contributed by atoms with van der Waals surface area (Å²) in [5.74, 6) is 0.806. The molecule has 0 saturated carbocycles. The Morgan fingerprint density at radius 2 is 1.43 bits per heavy atom. The SMILES string of the molecule is C=N/C(=C(/SC)C(=NCC)c1ccccc1)n1c2ccccc2c2c3sc4ccccc4c3c3ccccc3c21. The fraction of sp³-hybridized carbons (Fsp3) is 0.0857. The molecule has 0 saturated heterocycles. The average Bonchev–Trinajstić information content (AvgIpc) is 3.56. The zero-order valence-electron chi connectivity index (χ0n) is 22.4. The van der Waals surface area contributed by atoms with E-state index in [0.29, 0.717) is 6.54 Å². The van der Waals surface area contributed by atoms with E-state index in [1.807, 2.05) is 17.4 Å². The lowest BCUT2D eigenvalue weighted by Crippen LogP contribution is -2.09. The first-order valence-corrected chi connectivity index (χ1v) is 15.4. The maximum atomic E-state index is 4.98. The summed E-state index contributed by atoms with van der Waals surface area (Å²) >= 11 is 3.54. The molecule has 2 heterocycles. The van der Waals surface area contributed by atoms with Crippen LogP contribution in [0.15, 0.2) is 118 Å². The standard InChI is InChI=1S/C35H27N3S2/c1-4-37-31(22-14-6-5-7-15-22)34(39-3)35(36-2)38-27-20-12-10-18-25(27)30-32(38)24-17-9-8-16-23(24)29-26-19-11-13-21-28(26)40-33(29)30/h5-21H,2,4H2,1,3H3/b35-34-,37-31?. The number of aliphatic imine (C=N–C) groups is 2. The lowest BCUT2D eigenvalue weighted by atomic mass is 10.00. The summed E-state index contributed by atoms with van der Waals surface area (Å²) in [5.41, 5.74) is 4.29. The van der Waals surface area contributed by atoms with Crippen molar-refractivity contribution < 1.29 is 0 Å². The number of para-hydroxylation sites is 1. The lowest BCUT2D eigenvalue weighted by Gasteiger charge is -2.17. The predicted octanol–water partition coefficient (Wildman–Crippen LogP) is 10.0. The third-order valence-electron chi connectivity index (χ3n) is 7.50. The number of rotatable bonds is 6. The summed E-state index contributed by atoms with van der Waals surface area (Å²) in [6, 6.07) is 36.6. The van der Waals surface area contributed by atoms with Crippen LogP contribution < -0.4 is 0 Å². The van der Waals surface area contributed by atoms with Gasteiger partial charge < -0.3 is 0 Å². The van der Waals surface area contributed by atoms with Gasteiger partial charge in [0.05, 0.1) is 21.7 Å². The first kappa shape index (κ1) is 24.8. The number of hydrogen-bond donors (Lipinski definition) is 0. The second kappa shape index (κ2) is 10.1. The Morgan fingerprint density at radius 3 is 2.15 bits per heavy atom. The van der Waals surface area contributed by atoms with Gasteiger partial charge in [-0.25, -0.2) is 4.99 Å². The fourth-order valence-electron chi connectivity index (χ4n) is 5.93. The molecule has 0 aliphatic rings. The van der Waals surface area contributed by atoms with E-state index in [0.717, 1.165) is 33.0 Å². The minimum absolute atomic E-state index is 0.678. The molecule has 0 fully saturated rings. The molecule has 7 rings (SSSR count). The van der Waals surface area contributed by atoms with Gasteiger partial charge in [0.2, 0.25) is 0 Å². The van der Waals surface area contributed by atoms with Gasteiger partial charge in [-0.1, -0.05) is 91.0 Å². The van der Waals surface area contributed by atoms with Gasteiger partial charge in [-0.05, 0) is 37.4 Å². The van der Waals surface area contributed by atoms with E-state index in [1.54, 1.807) is 11.8 Å². The number of aromatic nitrogens is 1. The van der Waals surface area contributed by atoms with Crippen molar-refractivity contribution in [2.75, 3.05) is 12.8 Å². The minimum atomic E-state index is 0.678. The van der Waals surface area contributed by atoms with Crippen molar-refractivity contribution in [1.29, 1.82) is 0 Å². The number of allylic oxidation sites excluding steroid dienone is 1. The van der Waals surface area contributed by atoms with Crippen LogP contribution in [0.4, 0.5) is 0 Å². The summed E-state index contributed by atoms with van der Waals surface area (Å²) in [6.45, 7) is 6.87. The molecule has 0 amide bonds. The van der Waals surface area contributed by atoms with Crippen molar-refractivity contribution in [3.63, 3.8) is 0 Å². The number of fused-ring (bicyclic) bond motifs is 10. The second-order valence-electron chi connectivity index (χ2n) is 9.63. The minimum Gasteiger partial charge on any atom is -0.292 e. The molecular weight excluding hydrogens is 527 g/mol. The highest BCUT2D eigenvalue weighted by molar-refractivity contribution is 8.03. The normalized spacial score (nSPS) is 13.1. The molecule has 0 radical (unpaired) electrons. The Kier molecular flexibility index (Phi) is 6.26. The molecule has 0 aliphatic heterocycles. The van der Waals surface area contributed by atoms with Crippen molar-refractivity contribution in [2.24, 2.45) is 9.98 Å². The van der Waals surface area contributed by atoms with Crippen LogP contribution in [0.3, 0.4) is 0 Å². The first-order chi connectivity index (χ1) is 19.8. The van der Waals surface area contributed by atoms with E-state index < -0.39 is 0 Å². The third kappa shape index (κ3) is 3.65. The van der Waals surface area contributed by atoms with Crippen LogP contribution in [0.5, 0.6) is 0 Å². The maximum absolute atomic E-state index is 4.98. The molecule has 0 atom stereocenters. The molecule has 5 aromatic carbocycles. The first-order valence-electron chi connectivity index (χ1n) is 13.4. The smallest absolute Gasteiger partial charge is 0.152 e. The lowest BCUT2D eigenvalue weighted by molar-refractivity contribution is 1.13. The maximum Gasteiger partial charge on any atom is 0.152 e.